The monoisotopic (exact) mass is 357 g/mol. The summed E-state index contributed by atoms with van der Waals surface area (Å²) >= 11 is 0. The largest absolute Gasteiger partial charge is 0.492 e. The second-order valence-corrected chi connectivity index (χ2v) is 8.02. The van der Waals surface area contributed by atoms with Crippen molar-refractivity contribution >= 4 is 21.1 Å². The highest BCUT2D eigenvalue weighted by molar-refractivity contribution is 7.90. The Bertz CT molecular complexity index is 1060. The maximum Gasteiger partial charge on any atom is 0.271 e. The second kappa shape index (κ2) is 5.86. The molecule has 0 fully saturated rings. The molecule has 130 valence electrons. The van der Waals surface area contributed by atoms with Gasteiger partial charge in [0.2, 0.25) is 0 Å². The minimum atomic E-state index is -3.80. The van der Waals surface area contributed by atoms with Gasteiger partial charge in [0.25, 0.3) is 10.0 Å². The van der Waals surface area contributed by atoms with E-state index >= 15 is 0 Å². The van der Waals surface area contributed by atoms with Crippen molar-refractivity contribution in [1.29, 1.82) is 0 Å². The molecule has 0 bridgehead atoms. The van der Waals surface area contributed by atoms with E-state index in [4.69, 9.17) is 10.5 Å². The van der Waals surface area contributed by atoms with E-state index in [1.165, 1.54) is 3.97 Å². The van der Waals surface area contributed by atoms with Gasteiger partial charge in [0.1, 0.15) is 10.6 Å². The van der Waals surface area contributed by atoms with Gasteiger partial charge in [0.15, 0.2) is 0 Å². The fourth-order valence-corrected chi connectivity index (χ4v) is 4.78. The number of fused-ring (bicyclic) bond motifs is 2. The molecule has 1 aliphatic rings. The van der Waals surface area contributed by atoms with Gasteiger partial charge in [0.05, 0.1) is 17.6 Å². The van der Waals surface area contributed by atoms with Crippen LogP contribution >= 0.6 is 0 Å². The smallest absolute Gasteiger partial charge is 0.271 e. The summed E-state index contributed by atoms with van der Waals surface area (Å²) in [5.74, 6) is 0.466. The van der Waals surface area contributed by atoms with Gasteiger partial charge in [0, 0.05) is 24.4 Å². The lowest BCUT2D eigenvalue weighted by Crippen LogP contribution is -2.13. The Morgan fingerprint density at radius 1 is 1.32 bits per heavy atom. The van der Waals surface area contributed by atoms with E-state index in [9.17, 15) is 8.42 Å². The van der Waals surface area contributed by atoms with Gasteiger partial charge < -0.3 is 10.5 Å². The van der Waals surface area contributed by atoms with Gasteiger partial charge in [-0.3, -0.25) is 4.98 Å². The predicted octanol–water partition coefficient (Wildman–Crippen LogP) is 2.27. The molecule has 4 rings (SSSR count). The Morgan fingerprint density at radius 2 is 2.16 bits per heavy atom. The molecule has 3 heterocycles. The summed E-state index contributed by atoms with van der Waals surface area (Å²) in [6.07, 6.45) is 4.02. The number of pyridine rings is 1. The van der Waals surface area contributed by atoms with Gasteiger partial charge in [-0.2, -0.15) is 0 Å². The van der Waals surface area contributed by atoms with E-state index in [2.05, 4.69) is 4.98 Å². The first-order chi connectivity index (χ1) is 12.0. The van der Waals surface area contributed by atoms with Crippen molar-refractivity contribution < 1.29 is 13.2 Å². The topological polar surface area (TPSA) is 87.2 Å². The molecule has 0 spiro atoms. The summed E-state index contributed by atoms with van der Waals surface area (Å²) in [6, 6.07) is 8.74. The zero-order valence-electron chi connectivity index (χ0n) is 13.8. The quantitative estimate of drug-likeness (QED) is 0.774. The number of para-hydroxylation sites is 1. The highest BCUT2D eigenvalue weighted by Crippen LogP contribution is 2.36. The molecule has 2 N–H and O–H groups in total. The Labute approximate surface area is 146 Å². The fraction of sp³-hybridized carbons (Fsp3) is 0.278. The molecule has 0 saturated carbocycles. The van der Waals surface area contributed by atoms with E-state index in [0.29, 0.717) is 29.9 Å². The normalized spacial score (nSPS) is 15.1. The Kier molecular flexibility index (Phi) is 3.77. The van der Waals surface area contributed by atoms with Gasteiger partial charge in [-0.15, -0.1) is 0 Å². The second-order valence-electron chi connectivity index (χ2n) is 6.24. The van der Waals surface area contributed by atoms with Gasteiger partial charge in [-0.05, 0) is 36.2 Å². The van der Waals surface area contributed by atoms with E-state index < -0.39 is 10.0 Å². The van der Waals surface area contributed by atoms with Crippen molar-refractivity contribution in [3.8, 4) is 5.75 Å². The molecular formula is C18H19N3O3S. The highest BCUT2D eigenvalue weighted by Gasteiger charge is 2.29. The first kappa shape index (κ1) is 16.1. The van der Waals surface area contributed by atoms with Crippen LogP contribution < -0.4 is 10.5 Å². The third-order valence-electron chi connectivity index (χ3n) is 4.65. The zero-order valence-corrected chi connectivity index (χ0v) is 14.7. The van der Waals surface area contributed by atoms with Crippen LogP contribution in [0.2, 0.25) is 0 Å². The summed E-state index contributed by atoms with van der Waals surface area (Å²) < 4.78 is 33.6. The van der Waals surface area contributed by atoms with Crippen molar-refractivity contribution in [2.24, 2.45) is 5.73 Å². The first-order valence-electron chi connectivity index (χ1n) is 8.20. The third kappa shape index (κ3) is 2.42. The molecule has 1 aromatic carbocycles. The van der Waals surface area contributed by atoms with Gasteiger partial charge >= 0.3 is 0 Å². The van der Waals surface area contributed by atoms with Gasteiger partial charge in [-0.1, -0.05) is 19.1 Å². The van der Waals surface area contributed by atoms with Crippen molar-refractivity contribution in [1.82, 2.24) is 8.96 Å². The van der Waals surface area contributed by atoms with Crippen LogP contribution in [0.4, 0.5) is 0 Å². The molecule has 6 nitrogen and oxygen atoms in total. The summed E-state index contributed by atoms with van der Waals surface area (Å²) in [5.41, 5.74) is 8.76. The molecule has 0 radical (unpaired) electrons. The number of hydrogen-bond acceptors (Lipinski definition) is 5. The first-order valence-corrected chi connectivity index (χ1v) is 9.64. The Hall–Kier alpha value is -2.38. The molecule has 2 aromatic heterocycles. The maximum atomic E-state index is 13.4. The molecule has 1 atom stereocenters. The summed E-state index contributed by atoms with van der Waals surface area (Å²) in [5, 5.41) is 0. The summed E-state index contributed by atoms with van der Waals surface area (Å²) in [4.78, 5) is 4.57. The molecule has 1 unspecified atom stereocenters. The van der Waals surface area contributed by atoms with Crippen LogP contribution in [0.3, 0.4) is 0 Å². The van der Waals surface area contributed by atoms with Crippen LogP contribution in [0.5, 0.6) is 5.75 Å². The Balaban J connectivity index is 1.97. The molecular weight excluding hydrogens is 338 g/mol. The van der Waals surface area contributed by atoms with Crippen LogP contribution in [-0.2, 0) is 16.4 Å². The van der Waals surface area contributed by atoms with E-state index in [0.717, 1.165) is 17.5 Å². The Morgan fingerprint density at radius 3 is 2.96 bits per heavy atom. The van der Waals surface area contributed by atoms with Gasteiger partial charge in [-0.25, -0.2) is 12.4 Å². The summed E-state index contributed by atoms with van der Waals surface area (Å²) in [7, 11) is -3.80. The molecule has 25 heavy (non-hydrogen) atoms. The summed E-state index contributed by atoms with van der Waals surface area (Å²) in [6.45, 7) is 2.88. The van der Waals surface area contributed by atoms with Crippen molar-refractivity contribution in [3.63, 3.8) is 0 Å². The third-order valence-corrected chi connectivity index (χ3v) is 6.35. The highest BCUT2D eigenvalue weighted by atomic mass is 32.2. The van der Waals surface area contributed by atoms with Crippen LogP contribution in [0.1, 0.15) is 24.0 Å². The molecule has 0 aliphatic carbocycles. The maximum absolute atomic E-state index is 13.4. The van der Waals surface area contributed by atoms with E-state index in [1.54, 1.807) is 36.7 Å². The standard InChI is InChI=1S/C18H19N3O3S/c1-12(10-19)14-11-21(15-5-3-8-20-17(14)15)25(22,23)16-6-2-4-13-7-9-24-18(13)16/h2-6,8,11-12H,7,9-10,19H2,1H3. The molecule has 0 amide bonds. The number of ether oxygens (including phenoxy) is 1. The SMILES string of the molecule is CC(CN)c1cn(S(=O)(=O)c2cccc3c2OCC3)c2cccnc12. The average molecular weight is 357 g/mol. The number of hydrogen-bond donors (Lipinski definition) is 1. The van der Waals surface area contributed by atoms with Crippen molar-refractivity contribution in [2.45, 2.75) is 24.2 Å². The van der Waals surface area contributed by atoms with Crippen LogP contribution in [0.25, 0.3) is 11.0 Å². The lowest BCUT2D eigenvalue weighted by Gasteiger charge is -2.11. The number of nitrogens with zero attached hydrogens (tertiary/aromatic N) is 2. The number of aromatic nitrogens is 2. The molecule has 1 aliphatic heterocycles. The predicted molar refractivity (Wildman–Crippen MR) is 95.4 cm³/mol. The molecule has 0 saturated heterocycles. The van der Waals surface area contributed by atoms with Crippen LogP contribution in [0.15, 0.2) is 47.6 Å². The molecule has 7 heteroatoms. The molecule has 3 aromatic rings. The average Bonchev–Trinajstić information content (AvgIpc) is 3.25. The van der Waals surface area contributed by atoms with E-state index in [-0.39, 0.29) is 10.8 Å². The van der Waals surface area contributed by atoms with Crippen molar-refractivity contribution in [2.75, 3.05) is 13.2 Å². The van der Waals surface area contributed by atoms with Crippen LogP contribution in [0, 0.1) is 0 Å². The van der Waals surface area contributed by atoms with E-state index in [1.807, 2.05) is 13.0 Å². The number of benzene rings is 1. The van der Waals surface area contributed by atoms with Crippen molar-refractivity contribution in [3.05, 3.63) is 53.9 Å². The lowest BCUT2D eigenvalue weighted by atomic mass is 10.0. The number of nitrogens with two attached hydrogens (primary N) is 1. The minimum absolute atomic E-state index is 0.00610. The zero-order chi connectivity index (χ0) is 17.6. The van der Waals surface area contributed by atoms with Crippen LogP contribution in [-0.4, -0.2) is 30.5 Å². The fourth-order valence-electron chi connectivity index (χ4n) is 3.23. The number of rotatable bonds is 4. The lowest BCUT2D eigenvalue weighted by molar-refractivity contribution is 0.348. The minimum Gasteiger partial charge on any atom is -0.492 e.